The summed E-state index contributed by atoms with van der Waals surface area (Å²) in [5.41, 5.74) is -0.727. The lowest BCUT2D eigenvalue weighted by Crippen LogP contribution is -2.20. The predicted octanol–water partition coefficient (Wildman–Crippen LogP) is 1.62. The molecule has 0 saturated carbocycles. The molecular formula is C15H14N4O8. The van der Waals surface area contributed by atoms with Gasteiger partial charge in [-0.3, -0.25) is 25.0 Å². The van der Waals surface area contributed by atoms with E-state index in [1.165, 1.54) is 14.2 Å². The van der Waals surface area contributed by atoms with Crippen molar-refractivity contribution in [1.29, 1.82) is 0 Å². The van der Waals surface area contributed by atoms with Gasteiger partial charge in [-0.05, 0) is 0 Å². The number of nitrogens with zero attached hydrogens (tertiary/aromatic N) is 4. The van der Waals surface area contributed by atoms with Gasteiger partial charge in [-0.25, -0.2) is 9.97 Å². The van der Waals surface area contributed by atoms with Crippen molar-refractivity contribution in [2.45, 2.75) is 5.92 Å². The molecule has 2 rings (SSSR count). The van der Waals surface area contributed by atoms with Crippen molar-refractivity contribution < 1.29 is 28.9 Å². The molecule has 2 heterocycles. The normalized spacial score (nSPS) is 10.4. The highest BCUT2D eigenvalue weighted by Gasteiger charge is 2.34. The van der Waals surface area contributed by atoms with Crippen molar-refractivity contribution in [2.75, 3.05) is 21.3 Å². The van der Waals surface area contributed by atoms with Crippen LogP contribution in [-0.2, 0) is 9.53 Å². The lowest BCUT2D eigenvalue weighted by Gasteiger charge is -2.18. The summed E-state index contributed by atoms with van der Waals surface area (Å²) < 4.78 is 15.0. The highest BCUT2D eigenvalue weighted by molar-refractivity contribution is 5.83. The van der Waals surface area contributed by atoms with E-state index in [0.29, 0.717) is 0 Å². The van der Waals surface area contributed by atoms with Crippen LogP contribution in [0.15, 0.2) is 24.5 Å². The van der Waals surface area contributed by atoms with Crippen molar-refractivity contribution in [3.8, 4) is 11.5 Å². The smallest absolute Gasteiger partial charge is 0.321 e. The summed E-state index contributed by atoms with van der Waals surface area (Å²) in [6.45, 7) is 0. The summed E-state index contributed by atoms with van der Waals surface area (Å²) in [4.78, 5) is 40.8. The van der Waals surface area contributed by atoms with Gasteiger partial charge in [0.25, 0.3) is 11.4 Å². The van der Waals surface area contributed by atoms with Gasteiger partial charge in [-0.15, -0.1) is 0 Å². The number of aromatic nitrogens is 2. The second-order valence-electron chi connectivity index (χ2n) is 5.03. The minimum absolute atomic E-state index is 0.0189. The molecule has 2 aromatic rings. The lowest BCUT2D eigenvalue weighted by atomic mass is 9.98. The fourth-order valence-corrected chi connectivity index (χ4v) is 2.32. The summed E-state index contributed by atoms with van der Waals surface area (Å²) in [7, 11) is 3.63. The van der Waals surface area contributed by atoms with Gasteiger partial charge in [-0.2, -0.15) is 0 Å². The quantitative estimate of drug-likeness (QED) is 0.394. The number of rotatable bonds is 7. The molecule has 0 unspecified atom stereocenters. The average molecular weight is 378 g/mol. The van der Waals surface area contributed by atoms with Crippen LogP contribution in [0.25, 0.3) is 0 Å². The maximum absolute atomic E-state index is 12.4. The first-order valence-electron chi connectivity index (χ1n) is 7.28. The van der Waals surface area contributed by atoms with Crippen LogP contribution < -0.4 is 9.47 Å². The second-order valence-corrected chi connectivity index (χ2v) is 5.03. The van der Waals surface area contributed by atoms with Crippen molar-refractivity contribution in [2.24, 2.45) is 0 Å². The van der Waals surface area contributed by atoms with Gasteiger partial charge >= 0.3 is 5.97 Å². The number of carbonyl (C=O) groups excluding carboxylic acids is 1. The molecule has 0 aliphatic rings. The molecule has 0 spiro atoms. The van der Waals surface area contributed by atoms with Crippen LogP contribution in [-0.4, -0.2) is 47.1 Å². The van der Waals surface area contributed by atoms with Crippen molar-refractivity contribution in [1.82, 2.24) is 9.97 Å². The Balaban J connectivity index is 2.69. The zero-order valence-electron chi connectivity index (χ0n) is 14.4. The van der Waals surface area contributed by atoms with Gasteiger partial charge in [0.1, 0.15) is 41.2 Å². The number of methoxy groups -OCH3 is 3. The van der Waals surface area contributed by atoms with E-state index in [0.717, 1.165) is 31.6 Å². The Labute approximate surface area is 152 Å². The number of carbonyl (C=O) groups is 1. The molecular weight excluding hydrogens is 364 g/mol. The van der Waals surface area contributed by atoms with Crippen LogP contribution in [0.2, 0.25) is 0 Å². The van der Waals surface area contributed by atoms with E-state index >= 15 is 0 Å². The summed E-state index contributed by atoms with van der Waals surface area (Å²) >= 11 is 0. The Morgan fingerprint density at radius 3 is 1.63 bits per heavy atom. The van der Waals surface area contributed by atoms with E-state index in [4.69, 9.17) is 14.2 Å². The molecule has 0 fully saturated rings. The average Bonchev–Trinajstić information content (AvgIpc) is 2.67. The Hall–Kier alpha value is -3.83. The minimum atomic E-state index is -1.29. The van der Waals surface area contributed by atoms with E-state index in [-0.39, 0.29) is 34.3 Å². The summed E-state index contributed by atoms with van der Waals surface area (Å²) in [5.74, 6) is -2.21. The molecule has 0 aliphatic carbocycles. The maximum atomic E-state index is 12.4. The van der Waals surface area contributed by atoms with Crippen LogP contribution in [0.1, 0.15) is 17.3 Å². The monoisotopic (exact) mass is 378 g/mol. The molecule has 27 heavy (non-hydrogen) atoms. The Bertz CT molecular complexity index is 836. The van der Waals surface area contributed by atoms with E-state index in [1.807, 2.05) is 0 Å². The summed E-state index contributed by atoms with van der Waals surface area (Å²) in [6, 6.07) is 2.19. The fourth-order valence-electron chi connectivity index (χ4n) is 2.32. The third-order valence-corrected chi connectivity index (χ3v) is 3.58. The van der Waals surface area contributed by atoms with Crippen LogP contribution in [0.5, 0.6) is 11.5 Å². The molecule has 0 amide bonds. The molecule has 2 aromatic heterocycles. The Morgan fingerprint density at radius 1 is 0.926 bits per heavy atom. The highest BCUT2D eigenvalue weighted by atomic mass is 16.6. The van der Waals surface area contributed by atoms with E-state index in [2.05, 4.69) is 9.97 Å². The van der Waals surface area contributed by atoms with Crippen LogP contribution in [0.4, 0.5) is 11.4 Å². The van der Waals surface area contributed by atoms with Gasteiger partial charge in [0.15, 0.2) is 0 Å². The molecule has 0 atom stereocenters. The minimum Gasteiger partial charge on any atom is -0.495 e. The molecule has 0 aromatic carbocycles. The molecule has 0 bridgehead atoms. The van der Waals surface area contributed by atoms with E-state index < -0.39 is 21.7 Å². The molecule has 0 saturated heterocycles. The molecule has 0 radical (unpaired) electrons. The highest BCUT2D eigenvalue weighted by Crippen LogP contribution is 2.37. The number of hydrogen-bond donors (Lipinski definition) is 0. The largest absolute Gasteiger partial charge is 0.495 e. The first-order valence-corrected chi connectivity index (χ1v) is 7.28. The number of pyridine rings is 2. The van der Waals surface area contributed by atoms with Crippen molar-refractivity contribution >= 4 is 17.3 Å². The van der Waals surface area contributed by atoms with Gasteiger partial charge in [-0.1, -0.05) is 0 Å². The summed E-state index contributed by atoms with van der Waals surface area (Å²) in [6.07, 6.45) is 1.90. The van der Waals surface area contributed by atoms with Gasteiger partial charge < -0.3 is 14.2 Å². The number of esters is 1. The SMILES string of the molecule is COC(=O)C(c1ncc([N+](=O)[O-])cc1OC)c1ncc([N+](=O)[O-])cc1OC. The third-order valence-electron chi connectivity index (χ3n) is 3.58. The first kappa shape index (κ1) is 19.5. The maximum Gasteiger partial charge on any atom is 0.321 e. The Kier molecular flexibility index (Phi) is 5.80. The van der Waals surface area contributed by atoms with Crippen LogP contribution in [0.3, 0.4) is 0 Å². The molecule has 0 N–H and O–H groups in total. The standard InChI is InChI=1S/C15H14N4O8/c1-25-10-4-8(18(21)22)6-16-13(10)12(15(20)27-3)14-11(26-2)5-9(7-17-14)19(23)24/h4-7,12H,1-3H3. The predicted molar refractivity (Wildman–Crippen MR) is 88.7 cm³/mol. The number of nitro groups is 2. The second kappa shape index (κ2) is 8.03. The van der Waals surface area contributed by atoms with Gasteiger partial charge in [0.2, 0.25) is 0 Å². The third kappa shape index (κ3) is 3.89. The van der Waals surface area contributed by atoms with Gasteiger partial charge in [0.05, 0.1) is 43.3 Å². The van der Waals surface area contributed by atoms with Crippen LogP contribution >= 0.6 is 0 Å². The molecule has 12 nitrogen and oxygen atoms in total. The van der Waals surface area contributed by atoms with Gasteiger partial charge in [0, 0.05) is 0 Å². The molecule has 12 heteroatoms. The fraction of sp³-hybridized carbons (Fsp3) is 0.267. The van der Waals surface area contributed by atoms with Crippen molar-refractivity contribution in [3.05, 3.63) is 56.1 Å². The lowest BCUT2D eigenvalue weighted by molar-refractivity contribution is -0.385. The first-order chi connectivity index (χ1) is 12.8. The zero-order chi connectivity index (χ0) is 20.1. The van der Waals surface area contributed by atoms with Crippen molar-refractivity contribution in [3.63, 3.8) is 0 Å². The molecule has 142 valence electrons. The summed E-state index contributed by atoms with van der Waals surface area (Å²) in [5, 5.41) is 21.9. The van der Waals surface area contributed by atoms with E-state index in [1.54, 1.807) is 0 Å². The van der Waals surface area contributed by atoms with Crippen LogP contribution in [0, 0.1) is 20.2 Å². The Morgan fingerprint density at radius 2 is 1.33 bits per heavy atom. The number of hydrogen-bond acceptors (Lipinski definition) is 10. The zero-order valence-corrected chi connectivity index (χ0v) is 14.4. The van der Waals surface area contributed by atoms with E-state index in [9.17, 15) is 25.0 Å². The molecule has 0 aliphatic heterocycles. The number of ether oxygens (including phenoxy) is 3. The topological polar surface area (TPSA) is 157 Å².